The molecule has 154 valence electrons. The molecule has 7 nitrogen and oxygen atoms in total. The van der Waals surface area contributed by atoms with Gasteiger partial charge in [0.2, 0.25) is 15.9 Å². The number of amides is 1. The molecule has 0 aliphatic carbocycles. The second-order valence-electron chi connectivity index (χ2n) is 6.51. The Labute approximate surface area is 167 Å². The predicted molar refractivity (Wildman–Crippen MR) is 112 cm³/mol. The first kappa shape index (κ1) is 22.1. The summed E-state index contributed by atoms with van der Waals surface area (Å²) in [5.74, 6) is 0.739. The second-order valence-corrected chi connectivity index (χ2v) is 8.45. The van der Waals surface area contributed by atoms with Crippen LogP contribution in [0.25, 0.3) is 11.0 Å². The number of rotatable bonds is 11. The molecule has 8 heteroatoms. The van der Waals surface area contributed by atoms with E-state index in [1.807, 2.05) is 19.9 Å². The van der Waals surface area contributed by atoms with E-state index in [1.54, 1.807) is 18.2 Å². The highest BCUT2D eigenvalue weighted by molar-refractivity contribution is 7.89. The normalized spacial score (nSPS) is 11.9. The van der Waals surface area contributed by atoms with E-state index in [1.165, 1.54) is 4.31 Å². The maximum absolute atomic E-state index is 12.8. The summed E-state index contributed by atoms with van der Waals surface area (Å²) in [5, 5.41) is 2.76. The van der Waals surface area contributed by atoms with Crippen molar-refractivity contribution >= 4 is 27.0 Å². The minimum absolute atomic E-state index is 0.0557. The molecule has 2 rings (SSSR count). The molecule has 0 aliphatic heterocycles. The van der Waals surface area contributed by atoms with Crippen molar-refractivity contribution in [1.82, 2.24) is 19.2 Å². The smallest absolute Gasteiger partial charge is 0.243 e. The quantitative estimate of drug-likeness (QED) is 0.582. The highest BCUT2D eigenvalue weighted by atomic mass is 32.2. The van der Waals surface area contributed by atoms with Crippen LogP contribution in [0.5, 0.6) is 0 Å². The van der Waals surface area contributed by atoms with Crippen molar-refractivity contribution in [3.8, 4) is 0 Å². The van der Waals surface area contributed by atoms with Crippen molar-refractivity contribution in [2.24, 2.45) is 0 Å². The van der Waals surface area contributed by atoms with Crippen LogP contribution in [0, 0.1) is 0 Å². The predicted octanol–water partition coefficient (Wildman–Crippen LogP) is 2.71. The first-order valence-electron chi connectivity index (χ1n) is 9.75. The monoisotopic (exact) mass is 406 g/mol. The van der Waals surface area contributed by atoms with Gasteiger partial charge in [-0.05, 0) is 24.6 Å². The van der Waals surface area contributed by atoms with Crippen molar-refractivity contribution in [1.29, 1.82) is 0 Å². The zero-order valence-corrected chi connectivity index (χ0v) is 17.8. The lowest BCUT2D eigenvalue weighted by Crippen LogP contribution is -2.30. The van der Waals surface area contributed by atoms with Crippen LogP contribution in [0.3, 0.4) is 0 Å². The number of aryl methyl sites for hydroxylation is 2. The summed E-state index contributed by atoms with van der Waals surface area (Å²) in [6, 6.07) is 5.09. The van der Waals surface area contributed by atoms with Gasteiger partial charge in [0.15, 0.2) is 0 Å². The minimum atomic E-state index is -3.53. The van der Waals surface area contributed by atoms with E-state index in [0.717, 1.165) is 24.3 Å². The molecule has 0 bridgehead atoms. The van der Waals surface area contributed by atoms with Crippen molar-refractivity contribution in [2.75, 3.05) is 19.6 Å². The van der Waals surface area contributed by atoms with Crippen LogP contribution in [0.15, 0.2) is 35.7 Å². The number of nitrogens with zero attached hydrogens (tertiary/aromatic N) is 3. The number of imidazole rings is 1. The van der Waals surface area contributed by atoms with Crippen LogP contribution >= 0.6 is 0 Å². The summed E-state index contributed by atoms with van der Waals surface area (Å²) >= 11 is 0. The molecule has 1 aromatic heterocycles. The van der Waals surface area contributed by atoms with Crippen molar-refractivity contribution in [3.63, 3.8) is 0 Å². The molecule has 2 aromatic rings. The number of fused-ring (bicyclic) bond motifs is 1. The van der Waals surface area contributed by atoms with Gasteiger partial charge in [0.25, 0.3) is 0 Å². The Bertz CT molecular complexity index is 930. The van der Waals surface area contributed by atoms with E-state index in [9.17, 15) is 13.2 Å². The number of aromatic nitrogens is 2. The van der Waals surface area contributed by atoms with E-state index in [2.05, 4.69) is 28.4 Å². The Kier molecular flexibility index (Phi) is 7.77. The Morgan fingerprint density at radius 1 is 1.29 bits per heavy atom. The van der Waals surface area contributed by atoms with E-state index in [-0.39, 0.29) is 10.8 Å². The molecule has 1 aromatic carbocycles. The summed E-state index contributed by atoms with van der Waals surface area (Å²) in [5.41, 5.74) is 1.53. The summed E-state index contributed by atoms with van der Waals surface area (Å²) in [7, 11) is -3.53. The number of nitrogens with one attached hydrogen (secondary N) is 1. The summed E-state index contributed by atoms with van der Waals surface area (Å²) in [6.45, 7) is 11.4. The second kappa shape index (κ2) is 9.84. The summed E-state index contributed by atoms with van der Waals surface area (Å²) < 4.78 is 29.1. The van der Waals surface area contributed by atoms with E-state index >= 15 is 0 Å². The molecule has 1 heterocycles. The molecule has 0 radical (unpaired) electrons. The average molecular weight is 407 g/mol. The lowest BCUT2D eigenvalue weighted by atomic mass is 10.2. The number of benzene rings is 1. The third-order valence-corrected chi connectivity index (χ3v) is 6.65. The van der Waals surface area contributed by atoms with Crippen LogP contribution in [0.4, 0.5) is 0 Å². The van der Waals surface area contributed by atoms with Gasteiger partial charge in [0.1, 0.15) is 5.82 Å². The zero-order valence-electron chi connectivity index (χ0n) is 16.9. The van der Waals surface area contributed by atoms with Gasteiger partial charge < -0.3 is 9.88 Å². The molecular formula is C20H30N4O3S. The molecule has 0 atom stereocenters. The van der Waals surface area contributed by atoms with Gasteiger partial charge in [-0.15, -0.1) is 6.58 Å². The van der Waals surface area contributed by atoms with Crippen molar-refractivity contribution in [3.05, 3.63) is 36.7 Å². The lowest BCUT2D eigenvalue weighted by Gasteiger charge is -2.18. The fourth-order valence-corrected chi connectivity index (χ4v) is 4.67. The Hall–Kier alpha value is -2.19. The minimum Gasteiger partial charge on any atom is -0.353 e. The molecule has 0 unspecified atom stereocenters. The van der Waals surface area contributed by atoms with Crippen LogP contribution in [0.2, 0.25) is 0 Å². The van der Waals surface area contributed by atoms with Gasteiger partial charge >= 0.3 is 0 Å². The number of hydrogen-bond donors (Lipinski definition) is 1. The van der Waals surface area contributed by atoms with E-state index < -0.39 is 10.0 Å². The molecule has 1 N–H and O–H groups in total. The highest BCUT2D eigenvalue weighted by Gasteiger charge is 2.23. The van der Waals surface area contributed by atoms with Gasteiger partial charge in [0, 0.05) is 39.0 Å². The maximum Gasteiger partial charge on any atom is 0.243 e. The number of sulfonamides is 1. The Morgan fingerprint density at radius 3 is 2.61 bits per heavy atom. The topological polar surface area (TPSA) is 84.3 Å². The van der Waals surface area contributed by atoms with Crippen molar-refractivity contribution in [2.45, 2.75) is 51.5 Å². The maximum atomic E-state index is 12.8. The third-order valence-electron chi connectivity index (χ3n) is 4.61. The van der Waals surface area contributed by atoms with E-state index in [0.29, 0.717) is 38.0 Å². The molecule has 1 amide bonds. The van der Waals surface area contributed by atoms with Gasteiger partial charge in [-0.3, -0.25) is 4.79 Å². The highest BCUT2D eigenvalue weighted by Crippen LogP contribution is 2.24. The molecule has 28 heavy (non-hydrogen) atoms. The molecule has 0 saturated heterocycles. The molecule has 0 fully saturated rings. The van der Waals surface area contributed by atoms with Crippen LogP contribution in [-0.2, 0) is 27.8 Å². The van der Waals surface area contributed by atoms with Gasteiger partial charge in [-0.2, -0.15) is 4.31 Å². The standard InChI is InChI=1S/C20H30N4O3S/c1-5-13-21-20(25)12-11-19-22-17-15-16(28(26,27)23(7-3)8-4)9-10-18(17)24(19)14-6-2/h5,9-10,15H,1,6-8,11-14H2,2-4H3,(H,21,25). The lowest BCUT2D eigenvalue weighted by molar-refractivity contribution is -0.120. The number of carbonyl (C=O) groups is 1. The van der Waals surface area contributed by atoms with Gasteiger partial charge in [-0.25, -0.2) is 13.4 Å². The fourth-order valence-electron chi connectivity index (χ4n) is 3.20. The zero-order chi connectivity index (χ0) is 20.7. The molecular weight excluding hydrogens is 376 g/mol. The molecule has 0 saturated carbocycles. The Balaban J connectivity index is 2.37. The number of carbonyl (C=O) groups excluding carboxylic acids is 1. The molecule has 0 spiro atoms. The Morgan fingerprint density at radius 2 is 2.00 bits per heavy atom. The molecule has 0 aliphatic rings. The first-order valence-corrected chi connectivity index (χ1v) is 11.2. The van der Waals surface area contributed by atoms with E-state index in [4.69, 9.17) is 0 Å². The number of hydrogen-bond acceptors (Lipinski definition) is 4. The SMILES string of the molecule is C=CCNC(=O)CCc1nc2cc(S(=O)(=O)N(CC)CC)ccc2n1CCC. The fraction of sp³-hybridized carbons (Fsp3) is 0.500. The van der Waals surface area contributed by atoms with Crippen molar-refractivity contribution < 1.29 is 13.2 Å². The first-order chi connectivity index (χ1) is 13.4. The van der Waals surface area contributed by atoms with Crippen LogP contribution < -0.4 is 5.32 Å². The average Bonchev–Trinajstić information content (AvgIpc) is 3.02. The third kappa shape index (κ3) is 4.80. The van der Waals surface area contributed by atoms with Crippen LogP contribution in [-0.4, -0.2) is 47.8 Å². The largest absolute Gasteiger partial charge is 0.353 e. The van der Waals surface area contributed by atoms with Crippen LogP contribution in [0.1, 0.15) is 39.4 Å². The summed E-state index contributed by atoms with van der Waals surface area (Å²) in [4.78, 5) is 16.8. The van der Waals surface area contributed by atoms with Gasteiger partial charge in [-0.1, -0.05) is 26.8 Å². The van der Waals surface area contributed by atoms with Gasteiger partial charge in [0.05, 0.1) is 15.9 Å². The summed E-state index contributed by atoms with van der Waals surface area (Å²) in [6.07, 6.45) is 3.38.